The minimum Gasteiger partial charge on any atom is -0.380 e. The standard InChI is InChI=1S/C20H31N5O4/c1-13-5-7-14(8-6-13)22-19(26)15-9-16(25(27)28)17(21-3)23-18(15)24(4)10-20(2)11-29-12-20/h9,13-14H,5-8,10-12H2,1-4H3,(H,21,23)(H,22,26). The monoisotopic (exact) mass is 405 g/mol. The summed E-state index contributed by atoms with van der Waals surface area (Å²) in [7, 11) is 3.44. The van der Waals surface area contributed by atoms with Gasteiger partial charge < -0.3 is 20.3 Å². The minimum atomic E-state index is -0.511. The zero-order valence-corrected chi connectivity index (χ0v) is 17.7. The third-order valence-corrected chi connectivity index (χ3v) is 5.89. The average molecular weight is 405 g/mol. The molecule has 3 rings (SSSR count). The number of hydrogen-bond acceptors (Lipinski definition) is 7. The van der Waals surface area contributed by atoms with Crippen LogP contribution in [0.15, 0.2) is 6.07 Å². The molecule has 29 heavy (non-hydrogen) atoms. The molecule has 2 N–H and O–H groups in total. The number of nitro groups is 1. The summed E-state index contributed by atoms with van der Waals surface area (Å²) in [5, 5.41) is 17.4. The van der Waals surface area contributed by atoms with Crippen molar-refractivity contribution < 1.29 is 14.5 Å². The second-order valence-electron chi connectivity index (χ2n) is 8.82. The maximum absolute atomic E-state index is 13.1. The van der Waals surface area contributed by atoms with Gasteiger partial charge in [-0.2, -0.15) is 0 Å². The van der Waals surface area contributed by atoms with Crippen LogP contribution in [-0.4, -0.2) is 55.7 Å². The van der Waals surface area contributed by atoms with Gasteiger partial charge in [0, 0.05) is 38.2 Å². The molecule has 2 aliphatic rings. The van der Waals surface area contributed by atoms with E-state index in [1.165, 1.54) is 6.07 Å². The molecule has 160 valence electrons. The number of aromatic nitrogens is 1. The quantitative estimate of drug-likeness (QED) is 0.530. The van der Waals surface area contributed by atoms with E-state index >= 15 is 0 Å². The van der Waals surface area contributed by atoms with Crippen LogP contribution in [0.1, 0.15) is 49.9 Å². The molecule has 1 aromatic rings. The summed E-state index contributed by atoms with van der Waals surface area (Å²) in [6, 6.07) is 1.43. The highest BCUT2D eigenvalue weighted by Crippen LogP contribution is 2.33. The molecule has 1 amide bonds. The van der Waals surface area contributed by atoms with Crippen LogP contribution >= 0.6 is 0 Å². The summed E-state index contributed by atoms with van der Waals surface area (Å²) >= 11 is 0. The third kappa shape index (κ3) is 4.77. The van der Waals surface area contributed by atoms with E-state index in [9.17, 15) is 14.9 Å². The van der Waals surface area contributed by atoms with Crippen molar-refractivity contribution in [1.82, 2.24) is 10.3 Å². The van der Waals surface area contributed by atoms with Gasteiger partial charge in [-0.3, -0.25) is 14.9 Å². The van der Waals surface area contributed by atoms with Crippen molar-refractivity contribution in [3.05, 3.63) is 21.7 Å². The largest absolute Gasteiger partial charge is 0.380 e. The lowest BCUT2D eigenvalue weighted by molar-refractivity contribution is -0.384. The molecule has 2 heterocycles. The summed E-state index contributed by atoms with van der Waals surface area (Å²) in [6.07, 6.45) is 4.01. The fourth-order valence-electron chi connectivity index (χ4n) is 4.13. The topological polar surface area (TPSA) is 110 Å². The first-order valence-electron chi connectivity index (χ1n) is 10.2. The molecule has 1 aromatic heterocycles. The van der Waals surface area contributed by atoms with E-state index in [0.717, 1.165) is 25.7 Å². The fraction of sp³-hybridized carbons (Fsp3) is 0.700. The molecule has 0 aromatic carbocycles. The number of carbonyl (C=O) groups excluding carboxylic acids is 1. The van der Waals surface area contributed by atoms with Gasteiger partial charge in [0.2, 0.25) is 5.82 Å². The van der Waals surface area contributed by atoms with Gasteiger partial charge in [0.1, 0.15) is 5.82 Å². The maximum atomic E-state index is 13.1. The Morgan fingerprint density at radius 2 is 2.03 bits per heavy atom. The summed E-state index contributed by atoms with van der Waals surface area (Å²) in [5.74, 6) is 0.956. The molecule has 1 saturated carbocycles. The van der Waals surface area contributed by atoms with E-state index in [1.54, 1.807) is 7.05 Å². The molecule has 9 nitrogen and oxygen atoms in total. The van der Waals surface area contributed by atoms with E-state index in [0.29, 0.717) is 31.5 Å². The molecular formula is C20H31N5O4. The van der Waals surface area contributed by atoms with Crippen LogP contribution < -0.4 is 15.5 Å². The molecule has 0 unspecified atom stereocenters. The molecule has 1 aliphatic heterocycles. The van der Waals surface area contributed by atoms with Gasteiger partial charge in [-0.25, -0.2) is 4.98 Å². The highest BCUT2D eigenvalue weighted by Gasteiger charge is 2.36. The van der Waals surface area contributed by atoms with Gasteiger partial charge in [0.05, 0.1) is 23.7 Å². The van der Waals surface area contributed by atoms with Gasteiger partial charge in [-0.15, -0.1) is 0 Å². The highest BCUT2D eigenvalue weighted by molar-refractivity contribution is 6.00. The predicted molar refractivity (Wildman–Crippen MR) is 112 cm³/mol. The van der Waals surface area contributed by atoms with E-state index in [4.69, 9.17) is 4.74 Å². The van der Waals surface area contributed by atoms with Crippen LogP contribution in [-0.2, 0) is 4.74 Å². The summed E-state index contributed by atoms with van der Waals surface area (Å²) in [6.45, 7) is 6.26. The van der Waals surface area contributed by atoms with E-state index < -0.39 is 4.92 Å². The Labute approximate surface area is 171 Å². The summed E-state index contributed by atoms with van der Waals surface area (Å²) in [5.41, 5.74) is 0.0107. The van der Waals surface area contributed by atoms with Crippen LogP contribution in [0.2, 0.25) is 0 Å². The van der Waals surface area contributed by atoms with Gasteiger partial charge in [-0.1, -0.05) is 13.8 Å². The van der Waals surface area contributed by atoms with Crippen LogP contribution in [0.3, 0.4) is 0 Å². The second-order valence-corrected chi connectivity index (χ2v) is 8.82. The number of anilines is 2. The van der Waals surface area contributed by atoms with Gasteiger partial charge in [-0.05, 0) is 31.6 Å². The lowest BCUT2D eigenvalue weighted by Gasteiger charge is -2.41. The maximum Gasteiger partial charge on any atom is 0.312 e. The van der Waals surface area contributed by atoms with E-state index in [1.807, 2.05) is 11.9 Å². The van der Waals surface area contributed by atoms with E-state index in [2.05, 4.69) is 29.5 Å². The molecular weight excluding hydrogens is 374 g/mol. The molecule has 0 spiro atoms. The molecule has 0 bridgehead atoms. The number of amides is 1. The van der Waals surface area contributed by atoms with Gasteiger partial charge in [0.15, 0.2) is 0 Å². The molecule has 9 heteroatoms. The van der Waals surface area contributed by atoms with Crippen molar-refractivity contribution in [1.29, 1.82) is 0 Å². The smallest absolute Gasteiger partial charge is 0.312 e. The SMILES string of the molecule is CNc1nc(N(C)CC2(C)COC2)c(C(=O)NC2CCC(C)CC2)cc1[N+](=O)[O-]. The first-order chi connectivity index (χ1) is 13.7. The zero-order valence-electron chi connectivity index (χ0n) is 17.7. The Balaban J connectivity index is 1.90. The highest BCUT2D eigenvalue weighted by atomic mass is 16.6. The summed E-state index contributed by atoms with van der Waals surface area (Å²) < 4.78 is 5.33. The van der Waals surface area contributed by atoms with Crippen LogP contribution in [0.5, 0.6) is 0 Å². The minimum absolute atomic E-state index is 0.0226. The number of ether oxygens (including phenoxy) is 1. The first-order valence-corrected chi connectivity index (χ1v) is 10.2. The lowest BCUT2D eigenvalue weighted by atomic mass is 9.87. The number of carbonyl (C=O) groups is 1. The van der Waals surface area contributed by atoms with Crippen molar-refractivity contribution in [2.75, 3.05) is 44.1 Å². The fourth-order valence-corrected chi connectivity index (χ4v) is 4.13. The van der Waals surface area contributed by atoms with Crippen molar-refractivity contribution in [3.8, 4) is 0 Å². The van der Waals surface area contributed by atoms with Crippen molar-refractivity contribution in [2.24, 2.45) is 11.3 Å². The predicted octanol–water partition coefficient (Wildman–Crippen LogP) is 2.81. The summed E-state index contributed by atoms with van der Waals surface area (Å²) in [4.78, 5) is 30.4. The Morgan fingerprint density at radius 1 is 1.38 bits per heavy atom. The van der Waals surface area contributed by atoms with Crippen LogP contribution in [0.25, 0.3) is 0 Å². The third-order valence-electron chi connectivity index (χ3n) is 5.89. The van der Waals surface area contributed by atoms with Gasteiger partial charge in [0.25, 0.3) is 5.91 Å². The normalized spacial score (nSPS) is 23.0. The zero-order chi connectivity index (χ0) is 21.2. The Kier molecular flexibility index (Phi) is 6.26. The number of pyridine rings is 1. The molecule has 1 saturated heterocycles. The number of hydrogen-bond donors (Lipinski definition) is 2. The molecule has 2 fully saturated rings. The van der Waals surface area contributed by atoms with E-state index in [-0.39, 0.29) is 34.4 Å². The molecule has 1 aliphatic carbocycles. The first kappa shape index (κ1) is 21.3. The Bertz CT molecular complexity index is 772. The van der Waals surface area contributed by atoms with Crippen LogP contribution in [0.4, 0.5) is 17.3 Å². The Morgan fingerprint density at radius 3 is 2.55 bits per heavy atom. The van der Waals surface area contributed by atoms with Crippen molar-refractivity contribution in [3.63, 3.8) is 0 Å². The average Bonchev–Trinajstić information content (AvgIpc) is 2.67. The van der Waals surface area contributed by atoms with Crippen molar-refractivity contribution in [2.45, 2.75) is 45.6 Å². The Hall–Kier alpha value is -2.42. The van der Waals surface area contributed by atoms with Crippen molar-refractivity contribution >= 4 is 23.2 Å². The number of nitrogens with one attached hydrogen (secondary N) is 2. The van der Waals surface area contributed by atoms with Gasteiger partial charge >= 0.3 is 5.69 Å². The second kappa shape index (κ2) is 8.52. The lowest BCUT2D eigenvalue weighted by Crippen LogP contribution is -2.48. The van der Waals surface area contributed by atoms with Crippen LogP contribution in [0, 0.1) is 21.4 Å². The molecule has 0 radical (unpaired) electrons. The molecule has 0 atom stereocenters. The number of nitrogens with zero attached hydrogens (tertiary/aromatic N) is 3. The number of rotatable bonds is 7.